The van der Waals surface area contributed by atoms with Crippen LogP contribution in [0.5, 0.6) is 0 Å². The van der Waals surface area contributed by atoms with Crippen molar-refractivity contribution in [3.05, 3.63) is 36.3 Å². The minimum absolute atomic E-state index is 0.0382. The summed E-state index contributed by atoms with van der Waals surface area (Å²) in [5.41, 5.74) is 2.05. The van der Waals surface area contributed by atoms with Gasteiger partial charge in [0, 0.05) is 50.7 Å². The fourth-order valence-corrected chi connectivity index (χ4v) is 3.36. The Bertz CT molecular complexity index is 715. The molecule has 3 heterocycles. The van der Waals surface area contributed by atoms with Crippen LogP contribution in [0.3, 0.4) is 0 Å². The largest absolute Gasteiger partial charge is 0.388 e. The molecule has 2 aromatic rings. The van der Waals surface area contributed by atoms with Crippen LogP contribution in [0.2, 0.25) is 0 Å². The van der Waals surface area contributed by atoms with E-state index in [1.165, 1.54) is 4.90 Å². The average molecular weight is 343 g/mol. The SMILES string of the molecule is CN(C)C(=O)CC1(O)CCCN(Cc2cn[nH]c2-c2cccnc2)C1. The van der Waals surface area contributed by atoms with Crippen molar-refractivity contribution < 1.29 is 9.90 Å². The third-order valence-electron chi connectivity index (χ3n) is 4.68. The number of hydrogen-bond donors (Lipinski definition) is 2. The second kappa shape index (κ2) is 7.33. The Morgan fingerprint density at radius 1 is 1.44 bits per heavy atom. The first-order valence-corrected chi connectivity index (χ1v) is 8.54. The highest BCUT2D eigenvalue weighted by molar-refractivity contribution is 5.76. The van der Waals surface area contributed by atoms with Crippen LogP contribution < -0.4 is 0 Å². The molecule has 0 aliphatic carbocycles. The van der Waals surface area contributed by atoms with Gasteiger partial charge in [-0.2, -0.15) is 5.10 Å². The van der Waals surface area contributed by atoms with Crippen molar-refractivity contribution in [3.63, 3.8) is 0 Å². The molecular formula is C18H25N5O2. The number of rotatable bonds is 5. The Morgan fingerprint density at radius 3 is 3.00 bits per heavy atom. The van der Waals surface area contributed by atoms with Gasteiger partial charge < -0.3 is 10.0 Å². The number of pyridine rings is 1. The number of amides is 1. The molecule has 134 valence electrons. The van der Waals surface area contributed by atoms with E-state index in [-0.39, 0.29) is 12.3 Å². The molecule has 0 spiro atoms. The van der Waals surface area contributed by atoms with Crippen LogP contribution in [-0.2, 0) is 11.3 Å². The number of β-amino-alcohol motifs (C(OH)–C–C–N with tert-alkyl or cyclic N) is 1. The van der Waals surface area contributed by atoms with E-state index in [2.05, 4.69) is 20.1 Å². The number of aromatic amines is 1. The van der Waals surface area contributed by atoms with Gasteiger partial charge in [-0.05, 0) is 31.5 Å². The summed E-state index contributed by atoms with van der Waals surface area (Å²) in [4.78, 5) is 19.9. The topological polar surface area (TPSA) is 85.4 Å². The molecule has 25 heavy (non-hydrogen) atoms. The zero-order valence-corrected chi connectivity index (χ0v) is 14.8. The van der Waals surface area contributed by atoms with E-state index in [0.717, 1.165) is 29.8 Å². The summed E-state index contributed by atoms with van der Waals surface area (Å²) in [6.07, 6.45) is 7.06. The van der Waals surface area contributed by atoms with Crippen molar-refractivity contribution in [2.45, 2.75) is 31.4 Å². The zero-order chi connectivity index (χ0) is 17.9. The maximum absolute atomic E-state index is 12.0. The molecule has 2 N–H and O–H groups in total. The van der Waals surface area contributed by atoms with E-state index in [1.54, 1.807) is 26.5 Å². The molecule has 2 aromatic heterocycles. The number of nitrogens with one attached hydrogen (secondary N) is 1. The van der Waals surface area contributed by atoms with Gasteiger partial charge in [-0.3, -0.25) is 19.8 Å². The molecule has 0 saturated carbocycles. The van der Waals surface area contributed by atoms with E-state index in [1.807, 2.05) is 18.3 Å². The predicted octanol–water partition coefficient (Wildman–Crippen LogP) is 1.28. The number of carbonyl (C=O) groups excluding carboxylic acids is 1. The number of aromatic nitrogens is 3. The van der Waals surface area contributed by atoms with E-state index in [9.17, 15) is 9.90 Å². The predicted molar refractivity (Wildman–Crippen MR) is 94.6 cm³/mol. The van der Waals surface area contributed by atoms with Gasteiger partial charge in [0.2, 0.25) is 5.91 Å². The van der Waals surface area contributed by atoms with Gasteiger partial charge in [-0.25, -0.2) is 0 Å². The van der Waals surface area contributed by atoms with E-state index in [0.29, 0.717) is 19.5 Å². The van der Waals surface area contributed by atoms with Gasteiger partial charge in [0.05, 0.1) is 23.9 Å². The maximum atomic E-state index is 12.0. The number of nitrogens with zero attached hydrogens (tertiary/aromatic N) is 4. The molecule has 0 radical (unpaired) electrons. The quantitative estimate of drug-likeness (QED) is 0.854. The second-order valence-corrected chi connectivity index (χ2v) is 7.02. The lowest BCUT2D eigenvalue weighted by atomic mass is 9.89. The van der Waals surface area contributed by atoms with Gasteiger partial charge in [0.1, 0.15) is 0 Å². The van der Waals surface area contributed by atoms with Crippen LogP contribution >= 0.6 is 0 Å². The van der Waals surface area contributed by atoms with Crippen LogP contribution in [0.15, 0.2) is 30.7 Å². The first-order chi connectivity index (χ1) is 12.0. The van der Waals surface area contributed by atoms with Crippen molar-refractivity contribution >= 4 is 5.91 Å². The Labute approximate surface area is 147 Å². The van der Waals surface area contributed by atoms with Gasteiger partial charge in [0.25, 0.3) is 0 Å². The van der Waals surface area contributed by atoms with Gasteiger partial charge in [-0.1, -0.05) is 0 Å². The van der Waals surface area contributed by atoms with Crippen molar-refractivity contribution in [3.8, 4) is 11.3 Å². The molecule has 1 aliphatic heterocycles. The van der Waals surface area contributed by atoms with Crippen LogP contribution in [-0.4, -0.2) is 68.8 Å². The lowest BCUT2D eigenvalue weighted by Gasteiger charge is -2.39. The summed E-state index contributed by atoms with van der Waals surface area (Å²) in [6.45, 7) is 2.07. The van der Waals surface area contributed by atoms with Gasteiger partial charge >= 0.3 is 0 Å². The summed E-state index contributed by atoms with van der Waals surface area (Å²) in [6, 6.07) is 3.89. The summed E-state index contributed by atoms with van der Waals surface area (Å²) < 4.78 is 0. The minimum atomic E-state index is -0.961. The summed E-state index contributed by atoms with van der Waals surface area (Å²) >= 11 is 0. The highest BCUT2D eigenvalue weighted by Gasteiger charge is 2.36. The first kappa shape index (κ1) is 17.6. The number of hydrogen-bond acceptors (Lipinski definition) is 5. The molecule has 7 nitrogen and oxygen atoms in total. The molecule has 1 atom stereocenters. The number of aliphatic hydroxyl groups is 1. The summed E-state index contributed by atoms with van der Waals surface area (Å²) in [5.74, 6) is -0.0382. The van der Waals surface area contributed by atoms with E-state index in [4.69, 9.17) is 0 Å². The molecular weight excluding hydrogens is 318 g/mol. The van der Waals surface area contributed by atoms with E-state index >= 15 is 0 Å². The fraction of sp³-hybridized carbons (Fsp3) is 0.500. The molecule has 1 aliphatic rings. The number of carbonyl (C=O) groups is 1. The van der Waals surface area contributed by atoms with Crippen molar-refractivity contribution in [2.75, 3.05) is 27.2 Å². The Hall–Kier alpha value is -2.25. The maximum Gasteiger partial charge on any atom is 0.224 e. The number of H-pyrrole nitrogens is 1. The molecule has 0 bridgehead atoms. The first-order valence-electron chi connectivity index (χ1n) is 8.54. The molecule has 0 aromatic carbocycles. The molecule has 1 fully saturated rings. The Morgan fingerprint density at radius 2 is 2.28 bits per heavy atom. The number of piperidine rings is 1. The van der Waals surface area contributed by atoms with Gasteiger partial charge in [0.15, 0.2) is 0 Å². The fourth-order valence-electron chi connectivity index (χ4n) is 3.36. The lowest BCUT2D eigenvalue weighted by Crippen LogP contribution is -2.50. The van der Waals surface area contributed by atoms with Crippen molar-refractivity contribution in [2.24, 2.45) is 0 Å². The lowest BCUT2D eigenvalue weighted by molar-refractivity contribution is -0.136. The van der Waals surface area contributed by atoms with Gasteiger partial charge in [-0.15, -0.1) is 0 Å². The number of likely N-dealkylation sites (tertiary alicyclic amines) is 1. The zero-order valence-electron chi connectivity index (χ0n) is 14.8. The molecule has 7 heteroatoms. The smallest absolute Gasteiger partial charge is 0.224 e. The Balaban J connectivity index is 1.70. The summed E-state index contributed by atoms with van der Waals surface area (Å²) in [5, 5.41) is 18.1. The molecule has 1 amide bonds. The second-order valence-electron chi connectivity index (χ2n) is 7.02. The highest BCUT2D eigenvalue weighted by Crippen LogP contribution is 2.28. The third-order valence-corrected chi connectivity index (χ3v) is 4.68. The van der Waals surface area contributed by atoms with E-state index < -0.39 is 5.60 Å². The molecule has 3 rings (SSSR count). The van der Waals surface area contributed by atoms with Crippen molar-refractivity contribution in [1.29, 1.82) is 0 Å². The van der Waals surface area contributed by atoms with Crippen LogP contribution in [0.1, 0.15) is 24.8 Å². The van der Waals surface area contributed by atoms with Crippen LogP contribution in [0.4, 0.5) is 0 Å². The van der Waals surface area contributed by atoms with Crippen molar-refractivity contribution in [1.82, 2.24) is 25.0 Å². The monoisotopic (exact) mass is 343 g/mol. The molecule has 1 saturated heterocycles. The third kappa shape index (κ3) is 4.24. The molecule has 1 unspecified atom stereocenters. The highest BCUT2D eigenvalue weighted by atomic mass is 16.3. The average Bonchev–Trinajstić information content (AvgIpc) is 3.03. The van der Waals surface area contributed by atoms with Crippen LogP contribution in [0.25, 0.3) is 11.3 Å². The standard InChI is InChI=1S/C18H25N5O2/c1-22(2)16(24)9-18(25)6-4-8-23(13-18)12-15-11-20-21-17(15)14-5-3-7-19-10-14/h3,5,7,10-11,25H,4,6,8-9,12-13H2,1-2H3,(H,20,21). The van der Waals surface area contributed by atoms with Crippen LogP contribution in [0, 0.1) is 0 Å². The summed E-state index contributed by atoms with van der Waals surface area (Å²) in [7, 11) is 3.44. The Kier molecular flexibility index (Phi) is 5.15. The normalized spacial score (nSPS) is 21.2. The minimum Gasteiger partial charge on any atom is -0.388 e.